The van der Waals surface area contributed by atoms with E-state index in [1.54, 1.807) is 16.7 Å². The van der Waals surface area contributed by atoms with E-state index in [-0.39, 0.29) is 17.9 Å². The Hall–Kier alpha value is -0.970. The van der Waals surface area contributed by atoms with Crippen molar-refractivity contribution in [1.29, 1.82) is 0 Å². The van der Waals surface area contributed by atoms with Gasteiger partial charge in [-0.15, -0.1) is 11.8 Å². The van der Waals surface area contributed by atoms with Crippen LogP contribution >= 0.6 is 11.8 Å². The third kappa shape index (κ3) is 3.75. The molecule has 1 unspecified atom stereocenters. The molecule has 0 aromatic carbocycles. The smallest absolute Gasteiger partial charge is 0.250 e. The summed E-state index contributed by atoms with van der Waals surface area (Å²) in [6.45, 7) is 4.61. The van der Waals surface area contributed by atoms with Crippen molar-refractivity contribution in [1.82, 2.24) is 10.2 Å². The highest BCUT2D eigenvalue weighted by atomic mass is 32.2. The Bertz CT molecular complexity index is 391. The molecule has 2 rings (SSSR count). The molecule has 106 valence electrons. The van der Waals surface area contributed by atoms with Gasteiger partial charge in [0.05, 0.1) is 5.88 Å². The summed E-state index contributed by atoms with van der Waals surface area (Å²) in [5.74, 6) is 2.01. The Labute approximate surface area is 119 Å². The summed E-state index contributed by atoms with van der Waals surface area (Å²) >= 11 is 1.65. The zero-order chi connectivity index (χ0) is 13.8. The zero-order valence-corrected chi connectivity index (χ0v) is 12.5. The molecule has 4 nitrogen and oxygen atoms in total. The second kappa shape index (κ2) is 6.46. The lowest BCUT2D eigenvalue weighted by molar-refractivity contribution is -0.135. The van der Waals surface area contributed by atoms with Crippen molar-refractivity contribution >= 4 is 23.6 Å². The van der Waals surface area contributed by atoms with Gasteiger partial charge in [0.25, 0.3) is 5.91 Å². The van der Waals surface area contributed by atoms with Crippen molar-refractivity contribution in [2.24, 2.45) is 5.92 Å². The maximum atomic E-state index is 12.3. The minimum Gasteiger partial charge on any atom is -0.354 e. The summed E-state index contributed by atoms with van der Waals surface area (Å²) in [5, 5.41) is 2.98. The second-order valence-corrected chi connectivity index (χ2v) is 6.27. The first-order valence-corrected chi connectivity index (χ1v) is 8.12. The van der Waals surface area contributed by atoms with Crippen LogP contribution in [-0.4, -0.2) is 40.9 Å². The molecular formula is C14H22N2O2S. The van der Waals surface area contributed by atoms with Gasteiger partial charge in [0.15, 0.2) is 0 Å². The summed E-state index contributed by atoms with van der Waals surface area (Å²) in [5.41, 5.74) is 0.741. The summed E-state index contributed by atoms with van der Waals surface area (Å²) in [4.78, 5) is 26.1. The maximum Gasteiger partial charge on any atom is 0.250 e. The number of nitrogens with zero attached hydrogens (tertiary/aromatic N) is 1. The van der Waals surface area contributed by atoms with Crippen LogP contribution in [0.4, 0.5) is 0 Å². The molecule has 2 fully saturated rings. The molecule has 1 aliphatic carbocycles. The first kappa shape index (κ1) is 14.4. The number of thioether (sulfide) groups is 1. The molecule has 0 radical (unpaired) electrons. The Kier molecular flexibility index (Phi) is 4.91. The lowest BCUT2D eigenvalue weighted by Gasteiger charge is -2.23. The fourth-order valence-electron chi connectivity index (χ4n) is 2.16. The standard InChI is InChI=1S/C14H22N2O2S/c1-3-4-10(2)14(18)16-9-19-8-12(16)13(17)15-7-11-5-6-11/h4,11-12H,3,5-9H2,1-2H3,(H,15,17). The molecular weight excluding hydrogens is 260 g/mol. The van der Waals surface area contributed by atoms with Gasteiger partial charge in [-0.2, -0.15) is 0 Å². The predicted molar refractivity (Wildman–Crippen MR) is 77.7 cm³/mol. The first-order chi connectivity index (χ1) is 9.13. The van der Waals surface area contributed by atoms with Crippen molar-refractivity contribution in [3.05, 3.63) is 11.6 Å². The summed E-state index contributed by atoms with van der Waals surface area (Å²) < 4.78 is 0. The van der Waals surface area contributed by atoms with Crippen LogP contribution in [0.3, 0.4) is 0 Å². The second-order valence-electron chi connectivity index (χ2n) is 5.27. The van der Waals surface area contributed by atoms with Gasteiger partial charge in [0, 0.05) is 17.9 Å². The number of nitrogens with one attached hydrogen (secondary N) is 1. The van der Waals surface area contributed by atoms with Crippen molar-refractivity contribution < 1.29 is 9.59 Å². The van der Waals surface area contributed by atoms with Gasteiger partial charge in [-0.25, -0.2) is 0 Å². The van der Waals surface area contributed by atoms with Gasteiger partial charge in [0.1, 0.15) is 6.04 Å². The lowest BCUT2D eigenvalue weighted by Crippen LogP contribution is -2.47. The number of hydrogen-bond donors (Lipinski definition) is 1. The molecule has 1 heterocycles. The Morgan fingerprint density at radius 3 is 2.79 bits per heavy atom. The van der Waals surface area contributed by atoms with E-state index in [0.29, 0.717) is 17.5 Å². The Morgan fingerprint density at radius 2 is 2.16 bits per heavy atom. The van der Waals surface area contributed by atoms with Crippen LogP contribution in [0.15, 0.2) is 11.6 Å². The van der Waals surface area contributed by atoms with E-state index >= 15 is 0 Å². The molecule has 0 aromatic rings. The van der Waals surface area contributed by atoms with Crippen LogP contribution < -0.4 is 5.32 Å². The topological polar surface area (TPSA) is 49.4 Å². The number of hydrogen-bond acceptors (Lipinski definition) is 3. The quantitative estimate of drug-likeness (QED) is 0.782. The van der Waals surface area contributed by atoms with E-state index in [0.717, 1.165) is 18.5 Å². The lowest BCUT2D eigenvalue weighted by atomic mass is 10.2. The molecule has 2 amide bonds. The summed E-state index contributed by atoms with van der Waals surface area (Å²) in [6.07, 6.45) is 5.21. The van der Waals surface area contributed by atoms with E-state index in [4.69, 9.17) is 0 Å². The van der Waals surface area contributed by atoms with Crippen LogP contribution in [0.25, 0.3) is 0 Å². The molecule has 1 saturated heterocycles. The van der Waals surface area contributed by atoms with Crippen LogP contribution in [0.5, 0.6) is 0 Å². The summed E-state index contributed by atoms with van der Waals surface area (Å²) in [6, 6.07) is -0.295. The highest BCUT2D eigenvalue weighted by molar-refractivity contribution is 7.99. The molecule has 1 atom stereocenters. The fourth-order valence-corrected chi connectivity index (χ4v) is 3.32. The first-order valence-electron chi connectivity index (χ1n) is 6.96. The van der Waals surface area contributed by atoms with Gasteiger partial charge >= 0.3 is 0 Å². The number of amides is 2. The molecule has 5 heteroatoms. The van der Waals surface area contributed by atoms with Gasteiger partial charge in [-0.3, -0.25) is 9.59 Å². The van der Waals surface area contributed by atoms with Crippen LogP contribution in [0.2, 0.25) is 0 Å². The SMILES string of the molecule is CCC=C(C)C(=O)N1CSCC1C(=O)NCC1CC1. The monoisotopic (exact) mass is 282 g/mol. The predicted octanol–water partition coefficient (Wildman–Crippen LogP) is 1.77. The average molecular weight is 282 g/mol. The highest BCUT2D eigenvalue weighted by Crippen LogP contribution is 2.28. The van der Waals surface area contributed by atoms with Crippen molar-refractivity contribution in [2.45, 2.75) is 39.2 Å². The molecule has 0 spiro atoms. The van der Waals surface area contributed by atoms with Crippen LogP contribution in [-0.2, 0) is 9.59 Å². The van der Waals surface area contributed by atoms with Gasteiger partial charge in [-0.05, 0) is 32.1 Å². The van der Waals surface area contributed by atoms with Gasteiger partial charge in [0.2, 0.25) is 5.91 Å². The van der Waals surface area contributed by atoms with Gasteiger partial charge in [-0.1, -0.05) is 13.0 Å². The fraction of sp³-hybridized carbons (Fsp3) is 0.714. The van der Waals surface area contributed by atoms with Crippen molar-refractivity contribution in [2.75, 3.05) is 18.2 Å². The molecule has 1 saturated carbocycles. The zero-order valence-electron chi connectivity index (χ0n) is 11.6. The number of carbonyl (C=O) groups is 2. The maximum absolute atomic E-state index is 12.3. The number of rotatable bonds is 5. The van der Waals surface area contributed by atoms with E-state index in [1.165, 1.54) is 12.8 Å². The molecule has 0 aromatic heterocycles. The molecule has 19 heavy (non-hydrogen) atoms. The number of carbonyl (C=O) groups excluding carboxylic acids is 2. The third-order valence-corrected chi connectivity index (χ3v) is 4.57. The largest absolute Gasteiger partial charge is 0.354 e. The molecule has 2 aliphatic rings. The van der Waals surface area contributed by atoms with E-state index in [2.05, 4.69) is 5.32 Å². The normalized spacial score (nSPS) is 23.6. The van der Waals surface area contributed by atoms with E-state index in [1.807, 2.05) is 19.9 Å². The molecule has 1 N–H and O–H groups in total. The third-order valence-electron chi connectivity index (χ3n) is 3.56. The van der Waals surface area contributed by atoms with Crippen LogP contribution in [0.1, 0.15) is 33.1 Å². The van der Waals surface area contributed by atoms with Crippen molar-refractivity contribution in [3.8, 4) is 0 Å². The molecule has 1 aliphatic heterocycles. The number of allylic oxidation sites excluding steroid dienone is 1. The van der Waals surface area contributed by atoms with Gasteiger partial charge < -0.3 is 10.2 Å². The minimum atomic E-state index is -0.295. The van der Waals surface area contributed by atoms with E-state index < -0.39 is 0 Å². The summed E-state index contributed by atoms with van der Waals surface area (Å²) in [7, 11) is 0. The average Bonchev–Trinajstić information content (AvgIpc) is 3.10. The van der Waals surface area contributed by atoms with Crippen LogP contribution in [0, 0.1) is 5.92 Å². The Morgan fingerprint density at radius 1 is 1.42 bits per heavy atom. The Balaban J connectivity index is 1.93. The molecule has 0 bridgehead atoms. The van der Waals surface area contributed by atoms with Crippen molar-refractivity contribution in [3.63, 3.8) is 0 Å². The minimum absolute atomic E-state index is 0.00146. The van der Waals surface area contributed by atoms with E-state index in [9.17, 15) is 9.59 Å². The highest BCUT2D eigenvalue weighted by Gasteiger charge is 2.35.